The number of hydrogen-bond acceptors (Lipinski definition) is 7. The number of fused-ring (bicyclic) bond motifs is 3. The van der Waals surface area contributed by atoms with Gasteiger partial charge in [0.15, 0.2) is 17.1 Å². The molecule has 200 valence electrons. The molecule has 0 aliphatic carbocycles. The van der Waals surface area contributed by atoms with Gasteiger partial charge in [-0.1, -0.05) is 24.3 Å². The third-order valence-corrected chi connectivity index (χ3v) is 7.24. The van der Waals surface area contributed by atoms with Crippen LogP contribution in [0.25, 0.3) is 16.8 Å². The summed E-state index contributed by atoms with van der Waals surface area (Å²) >= 11 is 0. The molecule has 4 aromatic carbocycles. The minimum atomic E-state index is -1.02. The fourth-order valence-corrected chi connectivity index (χ4v) is 5.16. The molecule has 0 aromatic heterocycles. The molecule has 4 aromatic rings. The van der Waals surface area contributed by atoms with Crippen molar-refractivity contribution in [1.82, 2.24) is 0 Å². The van der Waals surface area contributed by atoms with E-state index in [1.165, 1.54) is 7.11 Å². The molecule has 0 unspecified atom stereocenters. The van der Waals surface area contributed by atoms with Crippen LogP contribution in [-0.4, -0.2) is 41.5 Å². The second kappa shape index (κ2) is 10.3. The number of methoxy groups -OCH3 is 5. The summed E-state index contributed by atoms with van der Waals surface area (Å²) < 4.78 is 34.2. The largest absolute Gasteiger partial charge is 0.497 e. The molecule has 0 atom stereocenters. The fourth-order valence-electron chi connectivity index (χ4n) is 5.16. The Labute approximate surface area is 227 Å². The molecule has 1 aliphatic rings. The van der Waals surface area contributed by atoms with Crippen molar-refractivity contribution in [2.75, 3.05) is 35.5 Å². The van der Waals surface area contributed by atoms with Gasteiger partial charge in [-0.2, -0.15) is 0 Å². The molecule has 7 heteroatoms. The number of rotatable bonds is 7. The summed E-state index contributed by atoms with van der Waals surface area (Å²) in [6.07, 6.45) is 3.90. The number of benzene rings is 4. The van der Waals surface area contributed by atoms with Gasteiger partial charge in [-0.25, -0.2) is 4.79 Å². The molecule has 0 amide bonds. The van der Waals surface area contributed by atoms with E-state index >= 15 is 0 Å². The quantitative estimate of drug-likeness (QED) is 0.261. The van der Waals surface area contributed by atoms with E-state index in [9.17, 15) is 4.79 Å². The molecule has 0 spiro atoms. The molecule has 0 fully saturated rings. The van der Waals surface area contributed by atoms with Crippen LogP contribution < -0.4 is 23.7 Å². The van der Waals surface area contributed by atoms with Crippen molar-refractivity contribution < 1.29 is 33.2 Å². The van der Waals surface area contributed by atoms with Crippen molar-refractivity contribution in [3.63, 3.8) is 0 Å². The third kappa shape index (κ3) is 4.20. The third-order valence-electron chi connectivity index (χ3n) is 7.24. The van der Waals surface area contributed by atoms with Crippen molar-refractivity contribution in [2.45, 2.75) is 12.5 Å². The summed E-state index contributed by atoms with van der Waals surface area (Å²) in [6, 6.07) is 19.2. The monoisotopic (exact) mass is 526 g/mol. The maximum Gasteiger partial charge on any atom is 0.338 e. The maximum atomic E-state index is 13.1. The molecule has 0 bridgehead atoms. The van der Waals surface area contributed by atoms with Crippen LogP contribution in [0, 0.1) is 6.92 Å². The predicted molar refractivity (Wildman–Crippen MR) is 150 cm³/mol. The van der Waals surface area contributed by atoms with Gasteiger partial charge in [-0.05, 0) is 66.4 Å². The van der Waals surface area contributed by atoms with E-state index in [0.717, 1.165) is 39.0 Å². The van der Waals surface area contributed by atoms with Crippen molar-refractivity contribution in [2.24, 2.45) is 0 Å². The van der Waals surface area contributed by atoms with E-state index in [1.807, 2.05) is 79.7 Å². The molecule has 7 nitrogen and oxygen atoms in total. The Morgan fingerprint density at radius 2 is 1.23 bits per heavy atom. The zero-order valence-electron chi connectivity index (χ0n) is 22.8. The Morgan fingerprint density at radius 1 is 0.718 bits per heavy atom. The van der Waals surface area contributed by atoms with Gasteiger partial charge in [0.05, 0.1) is 41.1 Å². The Morgan fingerprint density at radius 3 is 1.69 bits per heavy atom. The van der Waals surface area contributed by atoms with Crippen LogP contribution in [0.2, 0.25) is 0 Å². The number of carbonyl (C=O) groups excluding carboxylic acids is 1. The molecule has 39 heavy (non-hydrogen) atoms. The van der Waals surface area contributed by atoms with Crippen LogP contribution in [0.15, 0.2) is 66.7 Å². The number of carbonyl (C=O) groups is 1. The molecular weight excluding hydrogens is 496 g/mol. The van der Waals surface area contributed by atoms with Crippen LogP contribution in [-0.2, 0) is 10.3 Å². The fraction of sp³-hybridized carbons (Fsp3) is 0.219. The van der Waals surface area contributed by atoms with Crippen LogP contribution in [0.1, 0.15) is 32.6 Å². The van der Waals surface area contributed by atoms with Gasteiger partial charge in [0.25, 0.3) is 0 Å². The highest BCUT2D eigenvalue weighted by molar-refractivity contribution is 6.07. The minimum absolute atomic E-state index is 0.432. The van der Waals surface area contributed by atoms with Crippen molar-refractivity contribution in [1.29, 1.82) is 0 Å². The van der Waals surface area contributed by atoms with Gasteiger partial charge < -0.3 is 28.4 Å². The van der Waals surface area contributed by atoms with E-state index in [-0.39, 0.29) is 0 Å². The van der Waals surface area contributed by atoms with E-state index in [0.29, 0.717) is 28.4 Å². The second-order valence-corrected chi connectivity index (χ2v) is 9.12. The summed E-state index contributed by atoms with van der Waals surface area (Å²) in [5, 5.41) is 1.57. The average Bonchev–Trinajstić information content (AvgIpc) is 3.00. The smallest absolute Gasteiger partial charge is 0.338 e. The van der Waals surface area contributed by atoms with Gasteiger partial charge in [0, 0.05) is 22.1 Å². The molecule has 0 radical (unpaired) electrons. The zero-order chi connectivity index (χ0) is 27.7. The highest BCUT2D eigenvalue weighted by Crippen LogP contribution is 2.49. The van der Waals surface area contributed by atoms with E-state index in [1.54, 1.807) is 28.4 Å². The lowest BCUT2D eigenvalue weighted by atomic mass is 9.82. The molecule has 1 heterocycles. The first-order valence-electron chi connectivity index (χ1n) is 12.4. The maximum absolute atomic E-state index is 13.1. The van der Waals surface area contributed by atoms with Crippen LogP contribution in [0.5, 0.6) is 28.7 Å². The molecule has 0 N–H and O–H groups in total. The number of ether oxygens (including phenoxy) is 6. The van der Waals surface area contributed by atoms with Gasteiger partial charge in [-0.3, -0.25) is 0 Å². The lowest BCUT2D eigenvalue weighted by Gasteiger charge is -2.37. The molecule has 0 saturated heterocycles. The minimum Gasteiger partial charge on any atom is -0.497 e. The Bertz CT molecular complexity index is 1520. The van der Waals surface area contributed by atoms with E-state index in [2.05, 4.69) is 0 Å². The average molecular weight is 527 g/mol. The van der Waals surface area contributed by atoms with Gasteiger partial charge in [-0.15, -0.1) is 0 Å². The highest BCUT2D eigenvalue weighted by Gasteiger charge is 2.39. The van der Waals surface area contributed by atoms with Crippen LogP contribution in [0.3, 0.4) is 0 Å². The summed E-state index contributed by atoms with van der Waals surface area (Å²) in [5.74, 6) is 2.65. The molecule has 5 rings (SSSR count). The molecule has 0 saturated carbocycles. The van der Waals surface area contributed by atoms with Crippen molar-refractivity contribution >= 4 is 22.8 Å². The summed E-state index contributed by atoms with van der Waals surface area (Å²) in [5.41, 5.74) is 2.56. The number of esters is 1. The predicted octanol–water partition coefficient (Wildman–Crippen LogP) is 6.32. The van der Waals surface area contributed by atoms with Crippen molar-refractivity contribution in [3.8, 4) is 28.7 Å². The Balaban J connectivity index is 1.84. The molecular formula is C32H30O7. The first-order valence-corrected chi connectivity index (χ1v) is 12.4. The normalized spacial score (nSPS) is 13.3. The summed E-state index contributed by atoms with van der Waals surface area (Å²) in [6.45, 7) is 1.89. The first-order chi connectivity index (χ1) is 18.9. The molecule has 1 aliphatic heterocycles. The second-order valence-electron chi connectivity index (χ2n) is 9.12. The van der Waals surface area contributed by atoms with Gasteiger partial charge in [0.2, 0.25) is 0 Å². The SMILES string of the molecule is COC(=O)c1c2c(c3cc(OC)c(OC)cc3c1C)OC(c1ccc(OC)cc1)(c1ccc(OC)cc1)C=C2. The lowest BCUT2D eigenvalue weighted by Crippen LogP contribution is -2.34. The lowest BCUT2D eigenvalue weighted by molar-refractivity contribution is 0.0598. The van der Waals surface area contributed by atoms with Gasteiger partial charge >= 0.3 is 5.97 Å². The highest BCUT2D eigenvalue weighted by atomic mass is 16.5. The Kier molecular flexibility index (Phi) is 6.83. The summed E-state index contributed by atoms with van der Waals surface area (Å²) in [4.78, 5) is 13.1. The van der Waals surface area contributed by atoms with E-state index < -0.39 is 11.6 Å². The first kappa shape index (κ1) is 26.0. The summed E-state index contributed by atoms with van der Waals surface area (Å²) in [7, 11) is 7.80. The standard InChI is InChI=1S/C32H30O7/c1-19-25-17-27(36-4)28(37-5)18-26(25)30-24(29(19)31(33)38-6)15-16-32(39-30,20-7-11-22(34-2)12-8-20)21-9-13-23(35-3)14-10-21/h7-18H,1-6H3. The number of aryl methyl sites for hydroxylation is 1. The zero-order valence-corrected chi connectivity index (χ0v) is 22.8. The van der Waals surface area contributed by atoms with Gasteiger partial charge in [0.1, 0.15) is 17.2 Å². The Hall–Kier alpha value is -4.65. The number of hydrogen-bond donors (Lipinski definition) is 0. The van der Waals surface area contributed by atoms with Crippen LogP contribution in [0.4, 0.5) is 0 Å². The van der Waals surface area contributed by atoms with Crippen LogP contribution >= 0.6 is 0 Å². The van der Waals surface area contributed by atoms with E-state index in [4.69, 9.17) is 28.4 Å². The van der Waals surface area contributed by atoms with Crippen molar-refractivity contribution in [3.05, 3.63) is 94.6 Å². The topological polar surface area (TPSA) is 72.5 Å².